The van der Waals surface area contributed by atoms with Crippen LogP contribution in [0.2, 0.25) is 0 Å². The van der Waals surface area contributed by atoms with Gasteiger partial charge in [0.1, 0.15) is 17.8 Å². The molecule has 2 saturated heterocycles. The van der Waals surface area contributed by atoms with Crippen LogP contribution < -0.4 is 0 Å². The minimum atomic E-state index is -1.47. The van der Waals surface area contributed by atoms with Crippen molar-refractivity contribution in [2.24, 2.45) is 5.41 Å². The maximum Gasteiger partial charge on any atom is 0.311 e. The first-order valence-electron chi connectivity index (χ1n) is 9.27. The lowest BCUT2D eigenvalue weighted by Gasteiger charge is -2.41. The summed E-state index contributed by atoms with van der Waals surface area (Å²) in [6.45, 7) is 14.7. The molecule has 0 unspecified atom stereocenters. The third-order valence-electron chi connectivity index (χ3n) is 4.84. The van der Waals surface area contributed by atoms with Gasteiger partial charge in [-0.2, -0.15) is 0 Å². The Labute approximate surface area is 156 Å². The predicted octanol–water partition coefficient (Wildman–Crippen LogP) is 2.39. The molecule has 26 heavy (non-hydrogen) atoms. The number of aliphatic hydroxyl groups is 1. The van der Waals surface area contributed by atoms with E-state index in [2.05, 4.69) is 0 Å². The third kappa shape index (κ3) is 4.57. The molecule has 1 N–H and O–H groups in total. The second-order valence-electron chi connectivity index (χ2n) is 9.11. The van der Waals surface area contributed by atoms with Crippen LogP contribution in [0.3, 0.4) is 0 Å². The number of rotatable bonds is 5. The summed E-state index contributed by atoms with van der Waals surface area (Å²) in [5.74, 6) is -2.03. The van der Waals surface area contributed by atoms with Crippen LogP contribution in [0.5, 0.6) is 0 Å². The quantitative estimate of drug-likeness (QED) is 0.740. The van der Waals surface area contributed by atoms with E-state index in [1.165, 1.54) is 0 Å². The van der Waals surface area contributed by atoms with Crippen LogP contribution in [-0.4, -0.2) is 59.8 Å². The smallest absolute Gasteiger partial charge is 0.311 e. The van der Waals surface area contributed by atoms with Crippen LogP contribution >= 0.6 is 0 Å². The zero-order chi connectivity index (χ0) is 20.0. The molecule has 4 atom stereocenters. The zero-order valence-electron chi connectivity index (χ0n) is 17.3. The summed E-state index contributed by atoms with van der Waals surface area (Å²) in [7, 11) is 0. The van der Waals surface area contributed by atoms with Crippen LogP contribution in [0, 0.1) is 5.41 Å². The summed E-state index contributed by atoms with van der Waals surface area (Å²) >= 11 is 0. The molecule has 2 aliphatic heterocycles. The first-order valence-corrected chi connectivity index (χ1v) is 9.27. The summed E-state index contributed by atoms with van der Waals surface area (Å²) in [6.07, 6.45) is -1.89. The van der Waals surface area contributed by atoms with E-state index in [1.807, 2.05) is 6.92 Å². The molecule has 0 spiro atoms. The highest BCUT2D eigenvalue weighted by molar-refractivity contribution is 5.75. The average Bonchev–Trinajstić information content (AvgIpc) is 3.04. The van der Waals surface area contributed by atoms with E-state index in [4.69, 9.17) is 23.7 Å². The van der Waals surface area contributed by atoms with Crippen molar-refractivity contribution >= 4 is 5.97 Å². The van der Waals surface area contributed by atoms with Crippen molar-refractivity contribution in [3.8, 4) is 0 Å². The second kappa shape index (κ2) is 7.02. The van der Waals surface area contributed by atoms with Crippen molar-refractivity contribution in [3.05, 3.63) is 0 Å². The SMILES string of the molecule is CC[C@](O)([C@H](OC(=O)C(C)(C)C)[C@H]1COC(C)(C)O1)[C@H]1COC(C)(C)O1. The van der Waals surface area contributed by atoms with Gasteiger partial charge < -0.3 is 28.8 Å². The normalized spacial score (nSPS) is 31.4. The number of carbonyl (C=O) groups is 1. The molecular weight excluding hydrogens is 340 g/mol. The molecule has 0 amide bonds. The van der Waals surface area contributed by atoms with Gasteiger partial charge in [-0.3, -0.25) is 4.79 Å². The van der Waals surface area contributed by atoms with Gasteiger partial charge in [0, 0.05) is 0 Å². The van der Waals surface area contributed by atoms with Crippen molar-refractivity contribution in [2.75, 3.05) is 13.2 Å². The fourth-order valence-corrected chi connectivity index (χ4v) is 3.20. The molecule has 2 aliphatic rings. The Morgan fingerprint density at radius 2 is 1.65 bits per heavy atom. The number of hydrogen-bond acceptors (Lipinski definition) is 7. The highest BCUT2D eigenvalue weighted by Gasteiger charge is 2.56. The van der Waals surface area contributed by atoms with E-state index in [0.717, 1.165) is 0 Å². The Morgan fingerprint density at radius 3 is 2.04 bits per heavy atom. The Morgan fingerprint density at radius 1 is 1.12 bits per heavy atom. The lowest BCUT2D eigenvalue weighted by Crippen LogP contribution is -2.60. The van der Waals surface area contributed by atoms with Crippen molar-refractivity contribution < 1.29 is 33.6 Å². The Balaban J connectivity index is 2.32. The van der Waals surface area contributed by atoms with Crippen molar-refractivity contribution in [3.63, 3.8) is 0 Å². The summed E-state index contributed by atoms with van der Waals surface area (Å²) in [5, 5.41) is 11.5. The highest BCUT2D eigenvalue weighted by Crippen LogP contribution is 2.39. The molecule has 0 saturated carbocycles. The van der Waals surface area contributed by atoms with E-state index in [-0.39, 0.29) is 13.2 Å². The van der Waals surface area contributed by atoms with Gasteiger partial charge in [0.05, 0.1) is 18.6 Å². The van der Waals surface area contributed by atoms with Gasteiger partial charge >= 0.3 is 5.97 Å². The molecule has 2 heterocycles. The maximum atomic E-state index is 12.6. The van der Waals surface area contributed by atoms with Crippen molar-refractivity contribution in [1.82, 2.24) is 0 Å². The molecule has 2 fully saturated rings. The Kier molecular flexibility index (Phi) is 5.82. The van der Waals surface area contributed by atoms with E-state index in [1.54, 1.807) is 48.5 Å². The van der Waals surface area contributed by atoms with Crippen LogP contribution in [0.25, 0.3) is 0 Å². The monoisotopic (exact) mass is 374 g/mol. The number of carbonyl (C=O) groups excluding carboxylic acids is 1. The number of hydrogen-bond donors (Lipinski definition) is 1. The van der Waals surface area contributed by atoms with Crippen LogP contribution in [0.1, 0.15) is 61.8 Å². The molecule has 0 radical (unpaired) electrons. The fraction of sp³-hybridized carbons (Fsp3) is 0.947. The molecular formula is C19H34O7. The molecule has 0 aromatic carbocycles. The van der Waals surface area contributed by atoms with Crippen molar-refractivity contribution in [1.29, 1.82) is 0 Å². The van der Waals surface area contributed by atoms with Gasteiger partial charge in [0.25, 0.3) is 0 Å². The summed E-state index contributed by atoms with van der Waals surface area (Å²) < 4.78 is 28.9. The summed E-state index contributed by atoms with van der Waals surface area (Å²) in [6, 6.07) is 0. The molecule has 152 valence electrons. The van der Waals surface area contributed by atoms with Crippen molar-refractivity contribution in [2.45, 2.75) is 97.3 Å². The van der Waals surface area contributed by atoms with Gasteiger partial charge in [0.2, 0.25) is 0 Å². The van der Waals surface area contributed by atoms with Gasteiger partial charge in [-0.15, -0.1) is 0 Å². The molecule has 2 rings (SSSR count). The topological polar surface area (TPSA) is 83.5 Å². The summed E-state index contributed by atoms with van der Waals surface area (Å²) in [5.41, 5.74) is -2.18. The molecule has 0 aromatic rings. The molecule has 7 heteroatoms. The standard InChI is InChI=1S/C19H34O7/c1-9-19(21,13-11-23-18(7,8)26-13)14(24-15(20)16(2,3)4)12-10-22-17(5,6)25-12/h12-14,21H,9-11H2,1-8H3/t12-,13-,14-,19-/m1/s1. The Hall–Kier alpha value is -0.730. The lowest BCUT2D eigenvalue weighted by atomic mass is 9.84. The van der Waals surface area contributed by atoms with Gasteiger partial charge in [-0.1, -0.05) is 6.92 Å². The molecule has 0 bridgehead atoms. The predicted molar refractivity (Wildman–Crippen MR) is 94.4 cm³/mol. The van der Waals surface area contributed by atoms with E-state index in [9.17, 15) is 9.90 Å². The lowest BCUT2D eigenvalue weighted by molar-refractivity contribution is -0.233. The van der Waals surface area contributed by atoms with Gasteiger partial charge in [-0.05, 0) is 54.9 Å². The fourth-order valence-electron chi connectivity index (χ4n) is 3.20. The molecule has 7 nitrogen and oxygen atoms in total. The minimum Gasteiger partial charge on any atom is -0.456 e. The van der Waals surface area contributed by atoms with E-state index < -0.39 is 46.9 Å². The second-order valence-corrected chi connectivity index (χ2v) is 9.11. The largest absolute Gasteiger partial charge is 0.456 e. The molecule has 0 aliphatic carbocycles. The minimum absolute atomic E-state index is 0.206. The summed E-state index contributed by atoms with van der Waals surface area (Å²) in [4.78, 5) is 12.6. The van der Waals surface area contributed by atoms with Crippen LogP contribution in [-0.2, 0) is 28.5 Å². The third-order valence-corrected chi connectivity index (χ3v) is 4.84. The molecule has 0 aromatic heterocycles. The first kappa shape index (κ1) is 21.6. The van der Waals surface area contributed by atoms with Crippen LogP contribution in [0.15, 0.2) is 0 Å². The van der Waals surface area contributed by atoms with E-state index in [0.29, 0.717) is 6.42 Å². The number of esters is 1. The zero-order valence-corrected chi connectivity index (χ0v) is 17.3. The Bertz CT molecular complexity index is 522. The average molecular weight is 374 g/mol. The highest BCUT2D eigenvalue weighted by atomic mass is 16.8. The van der Waals surface area contributed by atoms with Gasteiger partial charge in [0.15, 0.2) is 17.7 Å². The van der Waals surface area contributed by atoms with E-state index >= 15 is 0 Å². The maximum absolute atomic E-state index is 12.6. The number of ether oxygens (including phenoxy) is 5. The van der Waals surface area contributed by atoms with Gasteiger partial charge in [-0.25, -0.2) is 0 Å². The van der Waals surface area contributed by atoms with Crippen LogP contribution in [0.4, 0.5) is 0 Å². The first-order chi connectivity index (χ1) is 11.7.